The topological polar surface area (TPSA) is 56.3 Å². The molecule has 3 aromatic rings. The van der Waals surface area contributed by atoms with E-state index in [1.165, 1.54) is 24.4 Å². The molecule has 1 saturated heterocycles. The SMILES string of the molecule is O=C([O-])C[C@@H]1CCN([C@H](Cc2ccccc2)c2ccc(C(F)(F)F)nc2)[C@H](c2ccc(C(F)(F)F)cc2)C1. The molecule has 0 bridgehead atoms. The Morgan fingerprint density at radius 2 is 1.63 bits per heavy atom. The van der Waals surface area contributed by atoms with E-state index in [1.54, 1.807) is 0 Å². The maximum atomic E-state index is 13.2. The van der Waals surface area contributed by atoms with Gasteiger partial charge in [-0.1, -0.05) is 48.5 Å². The van der Waals surface area contributed by atoms with Crippen LogP contribution in [0.2, 0.25) is 0 Å². The summed E-state index contributed by atoms with van der Waals surface area (Å²) < 4.78 is 79.0. The number of hydrogen-bond acceptors (Lipinski definition) is 4. The summed E-state index contributed by atoms with van der Waals surface area (Å²) >= 11 is 0. The van der Waals surface area contributed by atoms with Gasteiger partial charge in [0.15, 0.2) is 0 Å². The zero-order valence-corrected chi connectivity index (χ0v) is 20.2. The first-order chi connectivity index (χ1) is 17.9. The van der Waals surface area contributed by atoms with Gasteiger partial charge in [-0.25, -0.2) is 0 Å². The van der Waals surface area contributed by atoms with E-state index in [4.69, 9.17) is 0 Å². The monoisotopic (exact) mass is 535 g/mol. The summed E-state index contributed by atoms with van der Waals surface area (Å²) in [5.41, 5.74) is 0.186. The fourth-order valence-corrected chi connectivity index (χ4v) is 5.11. The van der Waals surface area contributed by atoms with Crippen LogP contribution in [0, 0.1) is 5.92 Å². The third-order valence-corrected chi connectivity index (χ3v) is 6.96. The second-order valence-corrected chi connectivity index (χ2v) is 9.52. The molecular formula is C28H25F6N2O2-. The average molecular weight is 536 g/mol. The van der Waals surface area contributed by atoms with Crippen molar-refractivity contribution in [1.29, 1.82) is 0 Å². The number of piperidine rings is 1. The van der Waals surface area contributed by atoms with Crippen molar-refractivity contribution in [3.8, 4) is 0 Å². The molecule has 1 fully saturated rings. The van der Waals surface area contributed by atoms with E-state index in [0.29, 0.717) is 36.9 Å². The fourth-order valence-electron chi connectivity index (χ4n) is 5.11. The minimum atomic E-state index is -4.60. The summed E-state index contributed by atoms with van der Waals surface area (Å²) in [5, 5.41) is 11.3. The van der Waals surface area contributed by atoms with E-state index in [9.17, 15) is 36.2 Å². The Morgan fingerprint density at radius 1 is 0.947 bits per heavy atom. The Labute approximate surface area is 215 Å². The van der Waals surface area contributed by atoms with E-state index < -0.39 is 41.7 Å². The Hall–Kier alpha value is -3.40. The summed E-state index contributed by atoms with van der Waals surface area (Å²) in [7, 11) is 0. The van der Waals surface area contributed by atoms with Crippen molar-refractivity contribution >= 4 is 5.97 Å². The highest BCUT2D eigenvalue weighted by Crippen LogP contribution is 2.43. The van der Waals surface area contributed by atoms with Gasteiger partial charge in [-0.15, -0.1) is 0 Å². The first-order valence-electron chi connectivity index (χ1n) is 12.1. The Kier molecular flexibility index (Phi) is 8.10. The number of carbonyl (C=O) groups is 1. The zero-order chi connectivity index (χ0) is 27.5. The lowest BCUT2D eigenvalue weighted by atomic mass is 9.82. The van der Waals surface area contributed by atoms with Crippen molar-refractivity contribution in [2.75, 3.05) is 6.54 Å². The van der Waals surface area contributed by atoms with Crippen LogP contribution in [-0.2, 0) is 23.6 Å². The maximum absolute atomic E-state index is 13.2. The number of likely N-dealkylation sites (tertiary alicyclic amines) is 1. The molecule has 4 rings (SSSR count). The predicted molar refractivity (Wildman–Crippen MR) is 125 cm³/mol. The number of aliphatic carboxylic acids is 1. The van der Waals surface area contributed by atoms with Gasteiger partial charge in [0.1, 0.15) is 5.69 Å². The molecule has 10 heteroatoms. The number of halogens is 6. The summed E-state index contributed by atoms with van der Waals surface area (Å²) in [6.45, 7) is 0.391. The summed E-state index contributed by atoms with van der Waals surface area (Å²) in [5.74, 6) is -1.46. The number of carboxylic acids is 1. The standard InChI is InChI=1S/C28H26F6N2O2/c29-27(30,31)22-9-6-20(7-10-22)23-15-19(16-26(37)38)12-13-36(23)24(14-18-4-2-1-3-5-18)21-8-11-25(35-17-21)28(32,33)34/h1-11,17,19,23-24H,12-16H2,(H,37,38)/p-1/t19-,23+,24-/m1/s1. The molecule has 0 spiro atoms. The number of hydrogen-bond donors (Lipinski definition) is 0. The molecule has 0 saturated carbocycles. The molecular weight excluding hydrogens is 510 g/mol. The third-order valence-electron chi connectivity index (χ3n) is 6.96. The second kappa shape index (κ2) is 11.1. The number of aromatic nitrogens is 1. The number of alkyl halides is 6. The van der Waals surface area contributed by atoms with Crippen LogP contribution in [-0.4, -0.2) is 22.4 Å². The first-order valence-corrected chi connectivity index (χ1v) is 12.1. The van der Waals surface area contributed by atoms with E-state index in [2.05, 4.69) is 4.98 Å². The molecule has 0 radical (unpaired) electrons. The molecule has 1 aliphatic heterocycles. The van der Waals surface area contributed by atoms with Crippen LogP contribution in [0.5, 0.6) is 0 Å². The van der Waals surface area contributed by atoms with Gasteiger partial charge in [0.05, 0.1) is 5.56 Å². The molecule has 202 valence electrons. The van der Waals surface area contributed by atoms with Crippen LogP contribution >= 0.6 is 0 Å². The molecule has 4 nitrogen and oxygen atoms in total. The van der Waals surface area contributed by atoms with Gasteiger partial charge >= 0.3 is 12.4 Å². The van der Waals surface area contributed by atoms with Gasteiger partial charge in [-0.2, -0.15) is 26.3 Å². The zero-order valence-electron chi connectivity index (χ0n) is 20.2. The molecule has 0 unspecified atom stereocenters. The van der Waals surface area contributed by atoms with Crippen LogP contribution in [0.1, 0.15) is 59.3 Å². The first kappa shape index (κ1) is 27.6. The maximum Gasteiger partial charge on any atom is 0.433 e. The van der Waals surface area contributed by atoms with E-state index in [1.807, 2.05) is 35.2 Å². The van der Waals surface area contributed by atoms with Gasteiger partial charge in [0.2, 0.25) is 0 Å². The van der Waals surface area contributed by atoms with Gasteiger partial charge in [-0.3, -0.25) is 9.88 Å². The van der Waals surface area contributed by atoms with E-state index in [0.717, 1.165) is 23.8 Å². The van der Waals surface area contributed by atoms with E-state index >= 15 is 0 Å². The van der Waals surface area contributed by atoms with Crippen molar-refractivity contribution in [3.05, 3.63) is 101 Å². The van der Waals surface area contributed by atoms with Crippen molar-refractivity contribution in [3.63, 3.8) is 0 Å². The van der Waals surface area contributed by atoms with Crippen molar-refractivity contribution in [1.82, 2.24) is 9.88 Å². The molecule has 3 atom stereocenters. The lowest BCUT2D eigenvalue weighted by Gasteiger charge is -2.44. The Balaban J connectivity index is 1.74. The average Bonchev–Trinajstić information content (AvgIpc) is 2.87. The predicted octanol–water partition coefficient (Wildman–Crippen LogP) is 6.00. The molecule has 0 aliphatic carbocycles. The summed E-state index contributed by atoms with van der Waals surface area (Å²) in [4.78, 5) is 17.0. The molecule has 38 heavy (non-hydrogen) atoms. The number of benzene rings is 2. The number of carboxylic acid groups (broad SMARTS) is 1. The minimum absolute atomic E-state index is 0.184. The minimum Gasteiger partial charge on any atom is -0.550 e. The highest BCUT2D eigenvalue weighted by Gasteiger charge is 2.37. The van der Waals surface area contributed by atoms with Gasteiger partial charge in [0, 0.05) is 24.2 Å². The number of pyridine rings is 1. The number of nitrogens with zero attached hydrogens (tertiary/aromatic N) is 2. The van der Waals surface area contributed by atoms with Crippen molar-refractivity contribution in [2.24, 2.45) is 5.92 Å². The van der Waals surface area contributed by atoms with Gasteiger partial charge in [0.25, 0.3) is 0 Å². The molecule has 1 aliphatic rings. The molecule has 2 aromatic carbocycles. The normalized spacial score (nSPS) is 19.7. The number of carbonyl (C=O) groups excluding carboxylic acids is 1. The third kappa shape index (κ3) is 6.72. The van der Waals surface area contributed by atoms with Crippen LogP contribution in [0.25, 0.3) is 0 Å². The summed E-state index contributed by atoms with van der Waals surface area (Å²) in [6, 6.07) is 15.4. The number of rotatable bonds is 7. The highest BCUT2D eigenvalue weighted by atomic mass is 19.4. The smallest absolute Gasteiger partial charge is 0.433 e. The van der Waals surface area contributed by atoms with Gasteiger partial charge in [-0.05, 0) is 73.0 Å². The summed E-state index contributed by atoms with van der Waals surface area (Å²) in [6.07, 6.45) is -6.85. The second-order valence-electron chi connectivity index (χ2n) is 9.52. The van der Waals surface area contributed by atoms with Gasteiger partial charge < -0.3 is 9.90 Å². The highest BCUT2D eigenvalue weighted by molar-refractivity contribution is 5.64. The van der Waals surface area contributed by atoms with Crippen LogP contribution in [0.15, 0.2) is 72.9 Å². The lowest BCUT2D eigenvalue weighted by molar-refractivity contribution is -0.307. The van der Waals surface area contributed by atoms with Crippen LogP contribution in [0.3, 0.4) is 0 Å². The molecule has 1 aromatic heterocycles. The Bertz CT molecular complexity index is 1210. The fraction of sp³-hybridized carbons (Fsp3) is 0.357. The van der Waals surface area contributed by atoms with Crippen LogP contribution < -0.4 is 5.11 Å². The van der Waals surface area contributed by atoms with E-state index in [-0.39, 0.29) is 12.3 Å². The molecule has 0 amide bonds. The van der Waals surface area contributed by atoms with Crippen LogP contribution in [0.4, 0.5) is 26.3 Å². The largest absolute Gasteiger partial charge is 0.550 e. The molecule has 2 heterocycles. The Morgan fingerprint density at radius 3 is 2.18 bits per heavy atom. The van der Waals surface area contributed by atoms with Crippen molar-refractivity contribution < 1.29 is 36.2 Å². The van der Waals surface area contributed by atoms with Crippen molar-refractivity contribution in [2.45, 2.75) is 50.1 Å². The lowest BCUT2D eigenvalue weighted by Crippen LogP contribution is -2.41. The molecule has 0 N–H and O–H groups in total. The quantitative estimate of drug-likeness (QED) is 0.349.